The number of carbonyl (C=O) groups is 1. The van der Waals surface area contributed by atoms with Crippen LogP contribution in [0.25, 0.3) is 0 Å². The highest BCUT2D eigenvalue weighted by atomic mass is 19.4. The first-order valence-corrected chi connectivity index (χ1v) is 5.98. The maximum Gasteiger partial charge on any atom is 0.471 e. The quantitative estimate of drug-likeness (QED) is 0.849. The number of rotatable bonds is 1. The van der Waals surface area contributed by atoms with Gasteiger partial charge in [-0.3, -0.25) is 4.79 Å². The Morgan fingerprint density at radius 3 is 2.53 bits per heavy atom. The summed E-state index contributed by atoms with van der Waals surface area (Å²) in [6.07, 6.45) is -3.99. The molecule has 3 nitrogen and oxygen atoms in total. The van der Waals surface area contributed by atoms with Crippen molar-refractivity contribution in [3.8, 4) is 5.75 Å². The SMILES string of the molecule is O=C(N1CC2CC2(c2ccc(O)cc2)C1)C(F)(F)F. The zero-order valence-corrected chi connectivity index (χ0v) is 9.94. The van der Waals surface area contributed by atoms with Crippen molar-refractivity contribution in [1.29, 1.82) is 0 Å². The van der Waals surface area contributed by atoms with Gasteiger partial charge in [0.2, 0.25) is 0 Å². The molecule has 2 atom stereocenters. The fraction of sp³-hybridized carbons (Fsp3) is 0.462. The van der Waals surface area contributed by atoms with Crippen LogP contribution in [-0.2, 0) is 10.2 Å². The first-order valence-electron chi connectivity index (χ1n) is 5.98. The first kappa shape index (κ1) is 12.3. The van der Waals surface area contributed by atoms with Gasteiger partial charge in [0, 0.05) is 18.5 Å². The van der Waals surface area contributed by atoms with E-state index in [1.165, 1.54) is 12.1 Å². The highest BCUT2D eigenvalue weighted by molar-refractivity contribution is 5.82. The minimum absolute atomic E-state index is 0.100. The molecular formula is C13H12F3NO2. The van der Waals surface area contributed by atoms with Gasteiger partial charge in [0.15, 0.2) is 0 Å². The van der Waals surface area contributed by atoms with E-state index in [-0.39, 0.29) is 30.2 Å². The standard InChI is InChI=1S/C13H12F3NO2/c14-13(15,16)11(19)17-6-9-5-12(9,7-17)8-1-3-10(18)4-2-8/h1-4,9,18H,5-7H2. The van der Waals surface area contributed by atoms with Gasteiger partial charge in [0.05, 0.1) is 0 Å². The molecule has 0 aromatic heterocycles. The highest BCUT2D eigenvalue weighted by Crippen LogP contribution is 2.59. The third-order valence-corrected chi connectivity index (χ3v) is 4.12. The molecule has 1 aromatic rings. The number of benzene rings is 1. The predicted octanol–water partition coefficient (Wildman–Crippen LogP) is 2.05. The lowest BCUT2D eigenvalue weighted by Gasteiger charge is -2.22. The average Bonchev–Trinajstić information content (AvgIpc) is 2.91. The first-order chi connectivity index (χ1) is 8.83. The van der Waals surface area contributed by atoms with Crippen molar-refractivity contribution in [2.75, 3.05) is 13.1 Å². The zero-order chi connectivity index (χ0) is 13.8. The molecule has 19 heavy (non-hydrogen) atoms. The number of aromatic hydroxyl groups is 1. The summed E-state index contributed by atoms with van der Waals surface area (Å²) in [4.78, 5) is 12.1. The molecule has 1 aromatic carbocycles. The second-order valence-corrected chi connectivity index (χ2v) is 5.29. The van der Waals surface area contributed by atoms with Crippen LogP contribution in [0.15, 0.2) is 24.3 Å². The van der Waals surface area contributed by atoms with Crippen LogP contribution in [-0.4, -0.2) is 35.2 Å². The number of phenols is 1. The summed E-state index contributed by atoms with van der Waals surface area (Å²) in [6.45, 7) is 0.278. The number of phenolic OH excluding ortho intramolecular Hbond substituents is 1. The molecule has 2 fully saturated rings. The number of likely N-dealkylation sites (tertiary alicyclic amines) is 1. The van der Waals surface area contributed by atoms with Gasteiger partial charge < -0.3 is 10.0 Å². The zero-order valence-electron chi connectivity index (χ0n) is 9.94. The summed E-state index contributed by atoms with van der Waals surface area (Å²) in [6, 6.07) is 6.48. The molecule has 1 saturated carbocycles. The Balaban J connectivity index is 1.80. The molecule has 1 N–H and O–H groups in total. The predicted molar refractivity (Wildman–Crippen MR) is 60.5 cm³/mol. The Labute approximate surface area is 107 Å². The van der Waals surface area contributed by atoms with Gasteiger partial charge in [-0.25, -0.2) is 0 Å². The van der Waals surface area contributed by atoms with Gasteiger partial charge >= 0.3 is 12.1 Å². The Kier molecular flexibility index (Phi) is 2.37. The Hall–Kier alpha value is -1.72. The number of halogens is 3. The summed E-state index contributed by atoms with van der Waals surface area (Å²) in [7, 11) is 0. The molecule has 2 unspecified atom stereocenters. The van der Waals surface area contributed by atoms with Crippen LogP contribution in [0.3, 0.4) is 0 Å². The molecular weight excluding hydrogens is 259 g/mol. The monoisotopic (exact) mass is 271 g/mol. The van der Waals surface area contributed by atoms with Gasteiger partial charge in [-0.1, -0.05) is 12.1 Å². The van der Waals surface area contributed by atoms with Crippen LogP contribution in [0.2, 0.25) is 0 Å². The van der Waals surface area contributed by atoms with E-state index in [1.54, 1.807) is 12.1 Å². The maximum absolute atomic E-state index is 12.4. The number of amides is 1. The second kappa shape index (κ2) is 3.65. The fourth-order valence-electron chi connectivity index (χ4n) is 3.06. The summed E-state index contributed by atoms with van der Waals surface area (Å²) in [5.74, 6) is -1.53. The number of nitrogens with zero attached hydrogens (tertiary/aromatic N) is 1. The lowest BCUT2D eigenvalue weighted by Crippen LogP contribution is -2.41. The van der Waals surface area contributed by atoms with Gasteiger partial charge in [0.25, 0.3) is 0 Å². The molecule has 0 radical (unpaired) electrons. The molecule has 1 amide bonds. The lowest BCUT2D eigenvalue weighted by molar-refractivity contribution is -0.184. The largest absolute Gasteiger partial charge is 0.508 e. The normalized spacial score (nSPS) is 29.2. The minimum atomic E-state index is -4.80. The van der Waals surface area contributed by atoms with Crippen molar-refractivity contribution in [3.05, 3.63) is 29.8 Å². The highest BCUT2D eigenvalue weighted by Gasteiger charge is 2.63. The Morgan fingerprint density at radius 1 is 1.32 bits per heavy atom. The van der Waals surface area contributed by atoms with Crippen molar-refractivity contribution < 1.29 is 23.1 Å². The molecule has 1 aliphatic heterocycles. The maximum atomic E-state index is 12.4. The Bertz CT molecular complexity index is 526. The molecule has 3 rings (SSSR count). The van der Waals surface area contributed by atoms with E-state index in [0.29, 0.717) is 0 Å². The van der Waals surface area contributed by atoms with Crippen LogP contribution in [0.5, 0.6) is 5.75 Å². The van der Waals surface area contributed by atoms with Crippen LogP contribution >= 0.6 is 0 Å². The number of piperidine rings is 1. The summed E-state index contributed by atoms with van der Waals surface area (Å²) >= 11 is 0. The van der Waals surface area contributed by atoms with Crippen molar-refractivity contribution in [1.82, 2.24) is 4.90 Å². The Morgan fingerprint density at radius 2 is 1.95 bits per heavy atom. The number of alkyl halides is 3. The van der Waals surface area contributed by atoms with Crippen molar-refractivity contribution in [3.63, 3.8) is 0 Å². The number of fused-ring (bicyclic) bond motifs is 1. The molecule has 1 heterocycles. The van der Waals surface area contributed by atoms with Gasteiger partial charge in [-0.05, 0) is 30.0 Å². The van der Waals surface area contributed by atoms with E-state index in [0.717, 1.165) is 16.9 Å². The van der Waals surface area contributed by atoms with Gasteiger partial charge in [-0.15, -0.1) is 0 Å². The third kappa shape index (κ3) is 1.86. The van der Waals surface area contributed by atoms with Crippen LogP contribution < -0.4 is 0 Å². The second-order valence-electron chi connectivity index (χ2n) is 5.29. The lowest BCUT2D eigenvalue weighted by atomic mass is 9.95. The topological polar surface area (TPSA) is 40.5 Å². The molecule has 102 valence electrons. The van der Waals surface area contributed by atoms with E-state index in [4.69, 9.17) is 0 Å². The van der Waals surface area contributed by atoms with Crippen molar-refractivity contribution >= 4 is 5.91 Å². The molecule has 0 bridgehead atoms. The molecule has 1 saturated heterocycles. The van der Waals surface area contributed by atoms with E-state index in [2.05, 4.69) is 0 Å². The summed E-state index contributed by atoms with van der Waals surface area (Å²) < 4.78 is 37.2. The van der Waals surface area contributed by atoms with Crippen LogP contribution in [0, 0.1) is 5.92 Å². The molecule has 1 aliphatic carbocycles. The molecule has 6 heteroatoms. The van der Waals surface area contributed by atoms with Crippen LogP contribution in [0.4, 0.5) is 13.2 Å². The van der Waals surface area contributed by atoms with E-state index >= 15 is 0 Å². The molecule has 0 spiro atoms. The number of hydrogen-bond donors (Lipinski definition) is 1. The van der Waals surface area contributed by atoms with Crippen molar-refractivity contribution in [2.45, 2.75) is 18.0 Å². The van der Waals surface area contributed by atoms with Gasteiger partial charge in [-0.2, -0.15) is 13.2 Å². The van der Waals surface area contributed by atoms with Crippen molar-refractivity contribution in [2.24, 2.45) is 5.92 Å². The van der Waals surface area contributed by atoms with Gasteiger partial charge in [0.1, 0.15) is 5.75 Å². The smallest absolute Gasteiger partial charge is 0.471 e. The third-order valence-electron chi connectivity index (χ3n) is 4.12. The molecule has 2 aliphatic rings. The number of carbonyl (C=O) groups excluding carboxylic acids is 1. The summed E-state index contributed by atoms with van der Waals surface area (Å²) in [5.41, 5.74) is 0.557. The van der Waals surface area contributed by atoms with E-state index < -0.39 is 12.1 Å². The summed E-state index contributed by atoms with van der Waals surface area (Å²) in [5, 5.41) is 9.23. The number of hydrogen-bond acceptors (Lipinski definition) is 2. The fourth-order valence-corrected chi connectivity index (χ4v) is 3.06. The average molecular weight is 271 g/mol. The van der Waals surface area contributed by atoms with E-state index in [9.17, 15) is 23.1 Å². The van der Waals surface area contributed by atoms with E-state index in [1.807, 2.05) is 0 Å². The minimum Gasteiger partial charge on any atom is -0.508 e. The van der Waals surface area contributed by atoms with Crippen LogP contribution in [0.1, 0.15) is 12.0 Å².